The molecule has 0 saturated heterocycles. The molecule has 0 aliphatic carbocycles. The molecule has 3 aromatic carbocycles. The molecule has 0 aromatic heterocycles. The molecule has 0 bridgehead atoms. The van der Waals surface area contributed by atoms with Crippen molar-refractivity contribution in [3.63, 3.8) is 0 Å². The van der Waals surface area contributed by atoms with Gasteiger partial charge < -0.3 is 30.0 Å². The molecule has 0 amide bonds. The Morgan fingerprint density at radius 1 is 0.459 bits per heavy atom. The third-order valence-electron chi connectivity index (χ3n) is 5.37. The van der Waals surface area contributed by atoms with Gasteiger partial charge in [-0.05, 0) is 73.4 Å². The van der Waals surface area contributed by atoms with Crippen LogP contribution in [0.3, 0.4) is 0 Å². The summed E-state index contributed by atoms with van der Waals surface area (Å²) in [6.45, 7) is 6.46. The second-order valence-electron chi connectivity index (χ2n) is 8.47. The van der Waals surface area contributed by atoms with Gasteiger partial charge in [0.2, 0.25) is 0 Å². The summed E-state index contributed by atoms with van der Waals surface area (Å²) in [5.74, 6) is 1.29. The number of phenols is 3. The van der Waals surface area contributed by atoms with Gasteiger partial charge >= 0.3 is 8.60 Å². The van der Waals surface area contributed by atoms with Gasteiger partial charge in [0.25, 0.3) is 0 Å². The van der Waals surface area contributed by atoms with Gasteiger partial charge in [-0.1, -0.05) is 94.6 Å². The fourth-order valence-electron chi connectivity index (χ4n) is 3.27. The largest absolute Gasteiger partial charge is 0.508 e. The average molecular weight is 533 g/mol. The molecule has 0 fully saturated rings. The second-order valence-corrected chi connectivity index (χ2v) is 9.00. The first-order chi connectivity index (χ1) is 17.8. The SMILES string of the molecule is CCCCc1ccccc1O.CCCCc1ccccc1O.CCCCc1ccccc1O.OP(O)O. The van der Waals surface area contributed by atoms with Crippen LogP contribution in [-0.4, -0.2) is 30.0 Å². The molecule has 0 radical (unpaired) electrons. The first-order valence-electron chi connectivity index (χ1n) is 12.9. The first kappa shape index (κ1) is 34.4. The van der Waals surface area contributed by atoms with Crippen LogP contribution >= 0.6 is 8.60 Å². The standard InChI is InChI=1S/3C10H14O.H3O3P/c3*1-2-3-6-9-7-4-5-8-10(9)11;1-4(2)3/h3*4-5,7-8,11H,2-3,6H2,1H3;1-3H. The monoisotopic (exact) mass is 532 g/mol. The highest BCUT2D eigenvalue weighted by atomic mass is 31.2. The number of aromatic hydroxyl groups is 3. The fourth-order valence-corrected chi connectivity index (χ4v) is 3.27. The predicted octanol–water partition coefficient (Wildman–Crippen LogP) is 7.39. The Balaban J connectivity index is 0.000000490. The smallest absolute Gasteiger partial charge is 0.324 e. The van der Waals surface area contributed by atoms with Crippen LogP contribution in [0.25, 0.3) is 0 Å². The number of unbranched alkanes of at least 4 members (excludes halogenated alkanes) is 3. The molecule has 0 aliphatic heterocycles. The third kappa shape index (κ3) is 18.3. The van der Waals surface area contributed by atoms with Crippen LogP contribution in [0.1, 0.15) is 76.0 Å². The minimum atomic E-state index is -2.62. The van der Waals surface area contributed by atoms with Crippen LogP contribution in [0.4, 0.5) is 0 Å². The molecule has 3 rings (SSSR count). The molecule has 6 N–H and O–H groups in total. The summed E-state index contributed by atoms with van der Waals surface area (Å²) in [5.41, 5.74) is 3.19. The number of aryl methyl sites for hydroxylation is 3. The maximum absolute atomic E-state index is 9.34. The van der Waals surface area contributed by atoms with Gasteiger partial charge in [-0.2, -0.15) is 0 Å². The van der Waals surface area contributed by atoms with Gasteiger partial charge in [-0.3, -0.25) is 0 Å². The fraction of sp³-hybridized carbons (Fsp3) is 0.400. The molecule has 0 aliphatic rings. The topological polar surface area (TPSA) is 121 Å². The van der Waals surface area contributed by atoms with Crippen molar-refractivity contribution in [1.29, 1.82) is 0 Å². The van der Waals surface area contributed by atoms with E-state index in [2.05, 4.69) is 20.8 Å². The maximum Gasteiger partial charge on any atom is 0.324 e. The van der Waals surface area contributed by atoms with Crippen molar-refractivity contribution < 1.29 is 30.0 Å². The van der Waals surface area contributed by atoms with Crippen LogP contribution in [0.2, 0.25) is 0 Å². The summed E-state index contributed by atoms with van der Waals surface area (Å²) in [6, 6.07) is 22.6. The van der Waals surface area contributed by atoms with Crippen molar-refractivity contribution in [3.05, 3.63) is 89.5 Å². The highest BCUT2D eigenvalue weighted by molar-refractivity contribution is 7.38. The van der Waals surface area contributed by atoms with Crippen molar-refractivity contribution in [2.45, 2.75) is 78.6 Å². The Bertz CT molecular complexity index is 828. The molecular formula is C30H45O6P. The van der Waals surface area contributed by atoms with Crippen LogP contribution in [0.15, 0.2) is 72.8 Å². The molecule has 0 unspecified atom stereocenters. The molecule has 0 saturated carbocycles. The Labute approximate surface area is 223 Å². The molecule has 0 heterocycles. The molecule has 0 atom stereocenters. The summed E-state index contributed by atoms with van der Waals surface area (Å²) in [5, 5.41) is 28.0. The Hall–Kier alpha value is -2.63. The lowest BCUT2D eigenvalue weighted by Crippen LogP contribution is -1.83. The minimum Gasteiger partial charge on any atom is -0.508 e. The van der Waals surface area contributed by atoms with Crippen molar-refractivity contribution in [2.75, 3.05) is 0 Å². The number of phenolic OH excluding ortho intramolecular Hbond substituents is 3. The van der Waals surface area contributed by atoms with Crippen molar-refractivity contribution >= 4 is 8.60 Å². The maximum atomic E-state index is 9.34. The molecule has 206 valence electrons. The third-order valence-corrected chi connectivity index (χ3v) is 5.37. The Morgan fingerprint density at radius 3 is 0.865 bits per heavy atom. The van der Waals surface area contributed by atoms with Gasteiger partial charge in [-0.15, -0.1) is 0 Å². The predicted molar refractivity (Wildman–Crippen MR) is 154 cm³/mol. The molecule has 7 heteroatoms. The number of hydrogen-bond donors (Lipinski definition) is 6. The van der Waals surface area contributed by atoms with Crippen molar-refractivity contribution in [2.24, 2.45) is 0 Å². The van der Waals surface area contributed by atoms with Crippen molar-refractivity contribution in [1.82, 2.24) is 0 Å². The number of rotatable bonds is 9. The van der Waals surface area contributed by atoms with Gasteiger partial charge in [0.1, 0.15) is 17.2 Å². The number of hydrogen-bond acceptors (Lipinski definition) is 6. The second kappa shape index (κ2) is 22.6. The van der Waals surface area contributed by atoms with E-state index in [4.69, 9.17) is 14.7 Å². The van der Waals surface area contributed by atoms with Gasteiger partial charge in [0.05, 0.1) is 0 Å². The highest BCUT2D eigenvalue weighted by Crippen LogP contribution is 2.19. The van der Waals surface area contributed by atoms with E-state index >= 15 is 0 Å². The van der Waals surface area contributed by atoms with Gasteiger partial charge in [0.15, 0.2) is 0 Å². The van der Waals surface area contributed by atoms with E-state index in [-0.39, 0.29) is 0 Å². The Morgan fingerprint density at radius 2 is 0.676 bits per heavy atom. The molecule has 0 spiro atoms. The zero-order chi connectivity index (χ0) is 27.9. The average Bonchev–Trinajstić information content (AvgIpc) is 2.88. The quantitative estimate of drug-likeness (QED) is 0.160. The lowest BCUT2D eigenvalue weighted by Gasteiger charge is -2.01. The van der Waals surface area contributed by atoms with Crippen LogP contribution in [0.5, 0.6) is 17.2 Å². The lowest BCUT2D eigenvalue weighted by atomic mass is 10.1. The molecule has 6 nitrogen and oxygen atoms in total. The van der Waals surface area contributed by atoms with E-state index in [1.54, 1.807) is 18.2 Å². The summed E-state index contributed by atoms with van der Waals surface area (Å²) in [7, 11) is -2.62. The van der Waals surface area contributed by atoms with E-state index < -0.39 is 8.60 Å². The zero-order valence-electron chi connectivity index (χ0n) is 22.4. The van der Waals surface area contributed by atoms with E-state index in [1.165, 1.54) is 19.3 Å². The number of para-hydroxylation sites is 3. The van der Waals surface area contributed by atoms with Crippen LogP contribution < -0.4 is 0 Å². The molecule has 37 heavy (non-hydrogen) atoms. The van der Waals surface area contributed by atoms with E-state index in [9.17, 15) is 15.3 Å². The van der Waals surface area contributed by atoms with E-state index in [0.717, 1.165) is 55.2 Å². The van der Waals surface area contributed by atoms with Crippen LogP contribution in [-0.2, 0) is 19.3 Å². The lowest BCUT2D eigenvalue weighted by molar-refractivity contribution is 0.368. The first-order valence-corrected chi connectivity index (χ1v) is 14.1. The van der Waals surface area contributed by atoms with Crippen LogP contribution in [0, 0.1) is 0 Å². The van der Waals surface area contributed by atoms with Crippen molar-refractivity contribution in [3.8, 4) is 17.2 Å². The van der Waals surface area contributed by atoms with E-state index in [0.29, 0.717) is 17.2 Å². The normalized spacial score (nSPS) is 9.81. The molecule has 3 aromatic rings. The summed E-state index contributed by atoms with van der Waals surface area (Å²) in [6.07, 6.45) is 9.94. The highest BCUT2D eigenvalue weighted by Gasteiger charge is 1.98. The van der Waals surface area contributed by atoms with E-state index in [1.807, 2.05) is 54.6 Å². The number of benzene rings is 3. The summed E-state index contributed by atoms with van der Waals surface area (Å²) < 4.78 is 0. The van der Waals surface area contributed by atoms with Gasteiger partial charge in [0, 0.05) is 0 Å². The Kier molecular flexibility index (Phi) is 21.0. The molecular weight excluding hydrogens is 487 g/mol. The summed E-state index contributed by atoms with van der Waals surface area (Å²) >= 11 is 0. The minimum absolute atomic E-state index is 0.431. The summed E-state index contributed by atoms with van der Waals surface area (Å²) in [4.78, 5) is 21.7. The zero-order valence-corrected chi connectivity index (χ0v) is 23.3. The van der Waals surface area contributed by atoms with Gasteiger partial charge in [-0.25, -0.2) is 0 Å².